The number of methoxy groups -OCH3 is 1. The minimum Gasteiger partial charge on any atom is -0.496 e. The van der Waals surface area contributed by atoms with Crippen molar-refractivity contribution in [2.24, 2.45) is 5.73 Å². The van der Waals surface area contributed by atoms with Crippen LogP contribution in [0, 0.1) is 0 Å². The molecule has 112 valence electrons. The molecule has 0 aliphatic rings. The van der Waals surface area contributed by atoms with E-state index >= 15 is 0 Å². The molecule has 0 fully saturated rings. The number of hydrogen-bond acceptors (Lipinski definition) is 3. The highest BCUT2D eigenvalue weighted by Gasteiger charge is 2.12. The quantitative estimate of drug-likeness (QED) is 0.697. The molecule has 0 saturated carbocycles. The maximum atomic E-state index is 6.11. The van der Waals surface area contributed by atoms with Crippen LogP contribution in [0.2, 0.25) is 5.02 Å². The third-order valence-corrected chi connectivity index (χ3v) is 4.93. The summed E-state index contributed by atoms with van der Waals surface area (Å²) in [6, 6.07) is 11.6. The molecule has 0 aliphatic carbocycles. The fourth-order valence-corrected chi connectivity index (χ4v) is 2.95. The first-order valence-electron chi connectivity index (χ1n) is 6.30. The van der Waals surface area contributed by atoms with Crippen molar-refractivity contribution >= 4 is 49.1 Å². The second kappa shape index (κ2) is 7.49. The number of benzene rings is 2. The lowest BCUT2D eigenvalue weighted by Gasteiger charge is -2.20. The molecule has 1 atom stereocenters. The summed E-state index contributed by atoms with van der Waals surface area (Å²) < 4.78 is 7.01. The van der Waals surface area contributed by atoms with Gasteiger partial charge in [0.25, 0.3) is 0 Å². The second-order valence-corrected chi connectivity index (χ2v) is 6.57. The van der Waals surface area contributed by atoms with Crippen molar-refractivity contribution in [3.63, 3.8) is 0 Å². The highest BCUT2D eigenvalue weighted by molar-refractivity contribution is 9.10. The Kier molecular flexibility index (Phi) is 5.93. The van der Waals surface area contributed by atoms with Crippen molar-refractivity contribution in [3.8, 4) is 5.75 Å². The summed E-state index contributed by atoms with van der Waals surface area (Å²) in [7, 11) is 1.64. The Morgan fingerprint density at radius 2 is 1.95 bits per heavy atom. The van der Waals surface area contributed by atoms with Gasteiger partial charge in [-0.1, -0.05) is 17.7 Å². The molecule has 0 aromatic heterocycles. The number of ether oxygens (including phenoxy) is 1. The topological polar surface area (TPSA) is 47.3 Å². The Balaban J connectivity index is 2.23. The zero-order chi connectivity index (χ0) is 15.4. The van der Waals surface area contributed by atoms with Crippen LogP contribution in [-0.4, -0.2) is 13.7 Å². The van der Waals surface area contributed by atoms with Crippen LogP contribution in [0.3, 0.4) is 0 Å². The number of anilines is 1. The molecule has 0 radical (unpaired) electrons. The van der Waals surface area contributed by atoms with E-state index in [1.54, 1.807) is 7.11 Å². The molecule has 3 nitrogen and oxygen atoms in total. The molecule has 6 heteroatoms. The molecule has 2 aromatic carbocycles. The van der Waals surface area contributed by atoms with Gasteiger partial charge in [-0.2, -0.15) is 0 Å². The highest BCUT2D eigenvalue weighted by atomic mass is 79.9. The van der Waals surface area contributed by atoms with Crippen molar-refractivity contribution < 1.29 is 4.74 Å². The van der Waals surface area contributed by atoms with Crippen LogP contribution in [0.25, 0.3) is 0 Å². The summed E-state index contributed by atoms with van der Waals surface area (Å²) in [5.41, 5.74) is 7.89. The molecule has 0 spiro atoms. The van der Waals surface area contributed by atoms with Gasteiger partial charge in [0.05, 0.1) is 22.6 Å². The number of nitrogens with two attached hydrogens (primary N) is 1. The zero-order valence-electron chi connectivity index (χ0n) is 11.4. The van der Waals surface area contributed by atoms with Crippen molar-refractivity contribution in [1.29, 1.82) is 0 Å². The molecule has 2 aromatic rings. The number of hydrogen-bond donors (Lipinski definition) is 2. The van der Waals surface area contributed by atoms with Crippen molar-refractivity contribution in [2.45, 2.75) is 6.04 Å². The Labute approximate surface area is 146 Å². The molecule has 0 amide bonds. The molecule has 2 rings (SSSR count). The Bertz CT molecular complexity index is 637. The first-order valence-corrected chi connectivity index (χ1v) is 8.26. The molecule has 0 bridgehead atoms. The van der Waals surface area contributed by atoms with E-state index in [4.69, 9.17) is 22.1 Å². The molecular formula is C15H15Br2ClN2O. The average Bonchev–Trinajstić information content (AvgIpc) is 2.48. The van der Waals surface area contributed by atoms with Crippen LogP contribution in [0.15, 0.2) is 45.3 Å². The van der Waals surface area contributed by atoms with Gasteiger partial charge >= 0.3 is 0 Å². The second-order valence-electron chi connectivity index (χ2n) is 4.46. The van der Waals surface area contributed by atoms with E-state index in [1.807, 2.05) is 36.4 Å². The van der Waals surface area contributed by atoms with Gasteiger partial charge in [-0.3, -0.25) is 0 Å². The summed E-state index contributed by atoms with van der Waals surface area (Å²) in [5.74, 6) is 0.793. The third-order valence-electron chi connectivity index (χ3n) is 3.07. The molecule has 3 N–H and O–H groups in total. The van der Waals surface area contributed by atoms with Crippen LogP contribution in [0.4, 0.5) is 5.69 Å². The van der Waals surface area contributed by atoms with E-state index in [0.29, 0.717) is 11.6 Å². The number of nitrogens with one attached hydrogen (secondary N) is 1. The van der Waals surface area contributed by atoms with Crippen molar-refractivity contribution in [1.82, 2.24) is 0 Å². The largest absolute Gasteiger partial charge is 0.496 e. The van der Waals surface area contributed by atoms with Gasteiger partial charge in [0.1, 0.15) is 5.75 Å². The van der Waals surface area contributed by atoms with Gasteiger partial charge in [0, 0.05) is 16.7 Å². The molecular weight excluding hydrogens is 419 g/mol. The monoisotopic (exact) mass is 432 g/mol. The van der Waals surface area contributed by atoms with Crippen molar-refractivity contribution in [2.75, 3.05) is 19.0 Å². The molecule has 0 saturated heterocycles. The van der Waals surface area contributed by atoms with Gasteiger partial charge in [0.15, 0.2) is 0 Å². The predicted molar refractivity (Wildman–Crippen MR) is 95.3 cm³/mol. The Hall–Kier alpha value is -0.750. The average molecular weight is 435 g/mol. The standard InChI is InChI=1S/C15H15Br2ClN2O/c1-21-15-5-2-9(6-12(15)17)14(8-19)20-10-3-4-11(16)13(18)7-10/h2-7,14,20H,8,19H2,1H3. The summed E-state index contributed by atoms with van der Waals surface area (Å²) >= 11 is 13.0. The first-order chi connectivity index (χ1) is 10.0. The summed E-state index contributed by atoms with van der Waals surface area (Å²) in [4.78, 5) is 0. The summed E-state index contributed by atoms with van der Waals surface area (Å²) in [6.45, 7) is 0.465. The Morgan fingerprint density at radius 1 is 1.19 bits per heavy atom. The minimum atomic E-state index is -0.00977. The Morgan fingerprint density at radius 3 is 2.52 bits per heavy atom. The molecule has 21 heavy (non-hydrogen) atoms. The fourth-order valence-electron chi connectivity index (χ4n) is 1.96. The van der Waals surface area contributed by atoms with Crippen LogP contribution in [0.1, 0.15) is 11.6 Å². The predicted octanol–water partition coefficient (Wildman–Crippen LogP) is 4.99. The number of halogens is 3. The lowest BCUT2D eigenvalue weighted by atomic mass is 10.1. The van der Waals surface area contributed by atoms with E-state index in [2.05, 4.69) is 37.2 Å². The van der Waals surface area contributed by atoms with Gasteiger partial charge < -0.3 is 15.8 Å². The van der Waals surface area contributed by atoms with Crippen LogP contribution in [-0.2, 0) is 0 Å². The van der Waals surface area contributed by atoms with Gasteiger partial charge in [-0.05, 0) is 67.8 Å². The fraction of sp³-hybridized carbons (Fsp3) is 0.200. The number of rotatable bonds is 5. The first kappa shape index (κ1) is 16.6. The molecule has 0 aliphatic heterocycles. The van der Waals surface area contributed by atoms with E-state index in [-0.39, 0.29) is 6.04 Å². The maximum Gasteiger partial charge on any atom is 0.133 e. The van der Waals surface area contributed by atoms with Crippen molar-refractivity contribution in [3.05, 3.63) is 55.9 Å². The van der Waals surface area contributed by atoms with E-state index in [1.165, 1.54) is 0 Å². The lowest BCUT2D eigenvalue weighted by Crippen LogP contribution is -2.20. The lowest BCUT2D eigenvalue weighted by molar-refractivity contribution is 0.412. The third kappa shape index (κ3) is 4.13. The minimum absolute atomic E-state index is 0.00977. The van der Waals surface area contributed by atoms with Crippen LogP contribution >= 0.6 is 43.5 Å². The van der Waals surface area contributed by atoms with Crippen LogP contribution < -0.4 is 15.8 Å². The zero-order valence-corrected chi connectivity index (χ0v) is 15.3. The van der Waals surface area contributed by atoms with Gasteiger partial charge in [-0.15, -0.1) is 0 Å². The van der Waals surface area contributed by atoms with Gasteiger partial charge in [0.2, 0.25) is 0 Å². The van der Waals surface area contributed by atoms with E-state index in [0.717, 1.165) is 25.9 Å². The maximum absolute atomic E-state index is 6.11. The van der Waals surface area contributed by atoms with Crippen LogP contribution in [0.5, 0.6) is 5.75 Å². The van der Waals surface area contributed by atoms with E-state index in [9.17, 15) is 0 Å². The highest BCUT2D eigenvalue weighted by Crippen LogP contribution is 2.31. The summed E-state index contributed by atoms with van der Waals surface area (Å²) in [6.07, 6.45) is 0. The molecule has 1 unspecified atom stereocenters. The summed E-state index contributed by atoms with van der Waals surface area (Å²) in [5, 5.41) is 4.04. The normalized spacial score (nSPS) is 12.0. The molecule has 0 heterocycles. The van der Waals surface area contributed by atoms with E-state index < -0.39 is 0 Å². The van der Waals surface area contributed by atoms with Gasteiger partial charge in [-0.25, -0.2) is 0 Å². The SMILES string of the molecule is COc1ccc(C(CN)Nc2ccc(Br)c(Cl)c2)cc1Br. The smallest absolute Gasteiger partial charge is 0.133 e.